The van der Waals surface area contributed by atoms with Gasteiger partial charge in [0.25, 0.3) is 0 Å². The minimum Gasteiger partial charge on any atom is -0.324 e. The van der Waals surface area contributed by atoms with Gasteiger partial charge in [0.15, 0.2) is 0 Å². The Balaban J connectivity index is 1.53. The number of hydrogen-bond acceptors (Lipinski definition) is 3. The van der Waals surface area contributed by atoms with Gasteiger partial charge in [-0.25, -0.2) is 0 Å². The predicted molar refractivity (Wildman–Crippen MR) is 126 cm³/mol. The Kier molecular flexibility index (Phi) is 6.38. The van der Waals surface area contributed by atoms with Crippen LogP contribution < -0.4 is 10.6 Å². The van der Waals surface area contributed by atoms with E-state index in [9.17, 15) is 4.79 Å². The lowest BCUT2D eigenvalue weighted by atomic mass is 10.0. The molecule has 3 nitrogen and oxygen atoms in total. The molecule has 0 aliphatic heterocycles. The molecule has 1 amide bonds. The zero-order valence-electron chi connectivity index (χ0n) is 16.8. The van der Waals surface area contributed by atoms with Gasteiger partial charge in [-0.05, 0) is 35.6 Å². The Hall–Kier alpha value is -3.21. The van der Waals surface area contributed by atoms with Gasteiger partial charge in [-0.3, -0.25) is 10.1 Å². The maximum Gasteiger partial charge on any atom is 0.241 e. The molecule has 4 rings (SSSR count). The van der Waals surface area contributed by atoms with Gasteiger partial charge >= 0.3 is 0 Å². The van der Waals surface area contributed by atoms with Crippen LogP contribution in [-0.2, 0) is 4.79 Å². The van der Waals surface area contributed by atoms with Crippen molar-refractivity contribution in [1.29, 1.82) is 0 Å². The molecule has 0 radical (unpaired) electrons. The second-order valence-electron chi connectivity index (χ2n) is 7.15. The summed E-state index contributed by atoms with van der Waals surface area (Å²) in [4.78, 5) is 14.2. The number of para-hydroxylation sites is 1. The van der Waals surface area contributed by atoms with Crippen LogP contribution in [0.25, 0.3) is 11.1 Å². The van der Waals surface area contributed by atoms with Gasteiger partial charge in [0.2, 0.25) is 5.91 Å². The van der Waals surface area contributed by atoms with E-state index in [2.05, 4.69) is 46.3 Å². The third kappa shape index (κ3) is 4.67. The number of anilines is 1. The van der Waals surface area contributed by atoms with Crippen LogP contribution in [-0.4, -0.2) is 11.9 Å². The summed E-state index contributed by atoms with van der Waals surface area (Å²) in [6, 6.07) is 32.0. The van der Waals surface area contributed by atoms with Crippen LogP contribution in [0.2, 0.25) is 0 Å². The lowest BCUT2D eigenvalue weighted by molar-refractivity contribution is -0.117. The van der Waals surface area contributed by atoms with Crippen LogP contribution >= 0.6 is 11.3 Å². The third-order valence-electron chi connectivity index (χ3n) is 5.04. The highest BCUT2D eigenvalue weighted by Gasteiger charge is 2.22. The average molecular weight is 413 g/mol. The topological polar surface area (TPSA) is 41.1 Å². The van der Waals surface area contributed by atoms with Gasteiger partial charge in [0.05, 0.1) is 12.1 Å². The van der Waals surface area contributed by atoms with E-state index in [-0.39, 0.29) is 18.0 Å². The van der Waals surface area contributed by atoms with E-state index < -0.39 is 0 Å². The van der Waals surface area contributed by atoms with Gasteiger partial charge in [0.1, 0.15) is 0 Å². The van der Waals surface area contributed by atoms with Gasteiger partial charge in [-0.15, -0.1) is 11.3 Å². The Morgan fingerprint density at radius 2 is 1.47 bits per heavy atom. The van der Waals surface area contributed by atoms with E-state index in [4.69, 9.17) is 0 Å². The summed E-state index contributed by atoms with van der Waals surface area (Å²) >= 11 is 1.69. The molecule has 0 fully saturated rings. The van der Waals surface area contributed by atoms with E-state index >= 15 is 0 Å². The number of amides is 1. The van der Waals surface area contributed by atoms with Gasteiger partial charge in [-0.2, -0.15) is 0 Å². The van der Waals surface area contributed by atoms with Crippen LogP contribution in [0, 0.1) is 0 Å². The first-order valence-electron chi connectivity index (χ1n) is 10.0. The molecule has 0 saturated heterocycles. The fraction of sp³-hybridized carbons (Fsp3) is 0.115. The first kappa shape index (κ1) is 20.1. The standard InChI is InChI=1S/C26H24N2OS/c1-19(27-25(24-17-10-18-30-24)21-13-6-3-7-14-21)26(29)28-23-16-9-8-15-22(23)20-11-4-2-5-12-20/h2-19,25,27H,1H3,(H,28,29)/t19-,25-/m1/s1. The van der Waals surface area contributed by atoms with E-state index in [0.717, 1.165) is 22.4 Å². The zero-order chi connectivity index (χ0) is 20.8. The molecule has 4 aromatic rings. The summed E-state index contributed by atoms with van der Waals surface area (Å²) in [5.74, 6) is -0.0594. The minimum absolute atomic E-state index is 0.0312. The molecule has 2 atom stereocenters. The monoisotopic (exact) mass is 412 g/mol. The van der Waals surface area contributed by atoms with Crippen molar-refractivity contribution in [2.24, 2.45) is 0 Å². The van der Waals surface area contributed by atoms with Crippen molar-refractivity contribution in [3.05, 3.63) is 113 Å². The van der Waals surface area contributed by atoms with Crippen molar-refractivity contribution < 1.29 is 4.79 Å². The van der Waals surface area contributed by atoms with E-state index in [1.807, 2.05) is 73.7 Å². The Morgan fingerprint density at radius 1 is 0.800 bits per heavy atom. The number of rotatable bonds is 7. The van der Waals surface area contributed by atoms with E-state index in [1.165, 1.54) is 4.88 Å². The molecule has 4 heteroatoms. The molecule has 0 spiro atoms. The molecule has 0 unspecified atom stereocenters. The maximum absolute atomic E-state index is 13.1. The zero-order valence-corrected chi connectivity index (χ0v) is 17.6. The van der Waals surface area contributed by atoms with Crippen LogP contribution in [0.15, 0.2) is 102 Å². The minimum atomic E-state index is -0.374. The fourth-order valence-corrected chi connectivity index (χ4v) is 4.28. The van der Waals surface area contributed by atoms with Crippen molar-refractivity contribution in [2.75, 3.05) is 5.32 Å². The molecule has 0 saturated carbocycles. The summed E-state index contributed by atoms with van der Waals surface area (Å²) < 4.78 is 0. The smallest absolute Gasteiger partial charge is 0.241 e. The lowest BCUT2D eigenvalue weighted by Gasteiger charge is -2.23. The number of carbonyl (C=O) groups is 1. The Morgan fingerprint density at radius 3 is 2.17 bits per heavy atom. The van der Waals surface area contributed by atoms with Crippen molar-refractivity contribution in [1.82, 2.24) is 5.32 Å². The normalized spacial score (nSPS) is 12.8. The van der Waals surface area contributed by atoms with Crippen molar-refractivity contribution in [2.45, 2.75) is 19.0 Å². The Labute approximate surface area is 181 Å². The molecule has 150 valence electrons. The second-order valence-corrected chi connectivity index (χ2v) is 8.13. The van der Waals surface area contributed by atoms with Crippen molar-refractivity contribution >= 4 is 22.9 Å². The molecular weight excluding hydrogens is 388 g/mol. The quantitative estimate of drug-likeness (QED) is 0.384. The highest BCUT2D eigenvalue weighted by Crippen LogP contribution is 2.29. The summed E-state index contributed by atoms with van der Waals surface area (Å²) in [7, 11) is 0. The summed E-state index contributed by atoms with van der Waals surface area (Å²) in [5, 5.41) is 8.69. The van der Waals surface area contributed by atoms with Crippen molar-refractivity contribution in [3.8, 4) is 11.1 Å². The van der Waals surface area contributed by atoms with Gasteiger partial charge < -0.3 is 5.32 Å². The molecule has 3 aromatic carbocycles. The maximum atomic E-state index is 13.1. The predicted octanol–water partition coefficient (Wildman–Crippen LogP) is 6.12. The van der Waals surface area contributed by atoms with Gasteiger partial charge in [-0.1, -0.05) is 84.9 Å². The largest absolute Gasteiger partial charge is 0.324 e. The van der Waals surface area contributed by atoms with Gasteiger partial charge in [0, 0.05) is 16.1 Å². The van der Waals surface area contributed by atoms with Crippen LogP contribution in [0.4, 0.5) is 5.69 Å². The highest BCUT2D eigenvalue weighted by atomic mass is 32.1. The fourth-order valence-electron chi connectivity index (χ4n) is 3.47. The number of benzene rings is 3. The highest BCUT2D eigenvalue weighted by molar-refractivity contribution is 7.10. The van der Waals surface area contributed by atoms with E-state index in [1.54, 1.807) is 11.3 Å². The van der Waals surface area contributed by atoms with Crippen LogP contribution in [0.1, 0.15) is 23.4 Å². The summed E-state index contributed by atoms with van der Waals surface area (Å²) in [6.45, 7) is 1.91. The molecule has 0 aliphatic rings. The van der Waals surface area contributed by atoms with Crippen LogP contribution in [0.5, 0.6) is 0 Å². The number of nitrogens with one attached hydrogen (secondary N) is 2. The summed E-state index contributed by atoms with van der Waals surface area (Å²) in [6.07, 6.45) is 0. The first-order chi connectivity index (χ1) is 14.7. The number of carbonyl (C=O) groups excluding carboxylic acids is 1. The van der Waals surface area contributed by atoms with E-state index in [0.29, 0.717) is 0 Å². The first-order valence-corrected chi connectivity index (χ1v) is 10.9. The van der Waals surface area contributed by atoms with Crippen molar-refractivity contribution in [3.63, 3.8) is 0 Å². The average Bonchev–Trinajstić information content (AvgIpc) is 3.33. The molecule has 0 aliphatic carbocycles. The summed E-state index contributed by atoms with van der Waals surface area (Å²) in [5.41, 5.74) is 4.05. The molecule has 1 heterocycles. The number of thiophene rings is 1. The molecule has 0 bridgehead atoms. The SMILES string of the molecule is C[C@@H](N[C@H](c1ccccc1)c1cccs1)C(=O)Nc1ccccc1-c1ccccc1. The lowest BCUT2D eigenvalue weighted by Crippen LogP contribution is -2.40. The molecule has 1 aromatic heterocycles. The third-order valence-corrected chi connectivity index (χ3v) is 5.98. The second kappa shape index (κ2) is 9.53. The van der Waals surface area contributed by atoms with Crippen LogP contribution in [0.3, 0.4) is 0 Å². The number of hydrogen-bond donors (Lipinski definition) is 2. The molecular formula is C26H24N2OS. The Bertz CT molecular complexity index is 1080. The molecule has 30 heavy (non-hydrogen) atoms. The molecule has 2 N–H and O–H groups in total.